The molecule has 0 spiro atoms. The molecule has 0 aromatic carbocycles. The fraction of sp³-hybridized carbons (Fsp3) is 0.684. The molecule has 6 nitrogen and oxygen atoms in total. The number of nitrogens with one attached hydrogen (secondary N) is 2. The predicted molar refractivity (Wildman–Crippen MR) is 100 cm³/mol. The molecule has 26 heavy (non-hydrogen) atoms. The van der Waals surface area contributed by atoms with Crippen LogP contribution in [-0.2, 0) is 22.6 Å². The summed E-state index contributed by atoms with van der Waals surface area (Å²) in [6.07, 6.45) is 4.98. The molecule has 2 atom stereocenters. The number of nitrogens with zero attached hydrogens (tertiary/aromatic N) is 1. The fourth-order valence-electron chi connectivity index (χ4n) is 4.10. The number of likely N-dealkylation sites (tertiary alicyclic amines) is 1. The maximum absolute atomic E-state index is 12.9. The van der Waals surface area contributed by atoms with Gasteiger partial charge in [-0.15, -0.1) is 11.3 Å². The van der Waals surface area contributed by atoms with Gasteiger partial charge in [0.2, 0.25) is 5.91 Å². The maximum Gasteiger partial charge on any atom is 0.263 e. The molecule has 2 N–H and O–H groups in total. The number of piperidine rings is 1. The quantitative estimate of drug-likeness (QED) is 0.835. The second kappa shape index (κ2) is 8.06. The highest BCUT2D eigenvalue weighted by Crippen LogP contribution is 2.29. The Kier molecular flexibility index (Phi) is 5.57. The number of thiophene rings is 1. The van der Waals surface area contributed by atoms with E-state index in [-0.39, 0.29) is 17.9 Å². The zero-order chi connectivity index (χ0) is 17.9. The summed E-state index contributed by atoms with van der Waals surface area (Å²) in [6.45, 7) is 4.52. The van der Waals surface area contributed by atoms with E-state index in [9.17, 15) is 9.59 Å². The summed E-state index contributed by atoms with van der Waals surface area (Å²) >= 11 is 1.62. The topological polar surface area (TPSA) is 70.7 Å². The van der Waals surface area contributed by atoms with Crippen molar-refractivity contribution in [2.24, 2.45) is 5.92 Å². The molecule has 3 aliphatic heterocycles. The van der Waals surface area contributed by atoms with Crippen LogP contribution in [0.15, 0.2) is 6.07 Å². The molecule has 0 radical (unpaired) electrons. The molecule has 1 aromatic rings. The second-order valence-electron chi connectivity index (χ2n) is 7.52. The summed E-state index contributed by atoms with van der Waals surface area (Å²) in [4.78, 5) is 29.2. The number of hydrogen-bond donors (Lipinski definition) is 2. The highest BCUT2D eigenvalue weighted by Gasteiger charge is 2.28. The van der Waals surface area contributed by atoms with Gasteiger partial charge in [0.1, 0.15) is 0 Å². The second-order valence-corrected chi connectivity index (χ2v) is 8.65. The standard InChI is InChI=1S/C19H27N3O3S/c23-18(15-4-1-6-20-15)21-10-13-3-2-7-22(11-13)19(24)17-9-14-12-25-8-5-16(14)26-17/h9,13,15,20H,1-8,10-12H2,(H,21,23). The Hall–Kier alpha value is -1.44. The lowest BCUT2D eigenvalue weighted by molar-refractivity contribution is -0.123. The fourth-order valence-corrected chi connectivity index (χ4v) is 5.22. The van der Waals surface area contributed by atoms with Crippen molar-refractivity contribution in [2.75, 3.05) is 32.8 Å². The Balaban J connectivity index is 1.32. The SMILES string of the molecule is O=C(NCC1CCCN(C(=O)c2cc3c(s2)CCOC3)C1)C1CCCN1. The van der Waals surface area contributed by atoms with Gasteiger partial charge in [-0.2, -0.15) is 0 Å². The maximum atomic E-state index is 12.9. The van der Waals surface area contributed by atoms with Crippen molar-refractivity contribution < 1.29 is 14.3 Å². The van der Waals surface area contributed by atoms with E-state index >= 15 is 0 Å². The molecule has 4 heterocycles. The van der Waals surface area contributed by atoms with Gasteiger partial charge >= 0.3 is 0 Å². The third-order valence-electron chi connectivity index (χ3n) is 5.59. The Morgan fingerprint density at radius 1 is 1.35 bits per heavy atom. The van der Waals surface area contributed by atoms with Gasteiger partial charge in [-0.3, -0.25) is 9.59 Å². The molecule has 0 bridgehead atoms. The zero-order valence-corrected chi connectivity index (χ0v) is 15.9. The van der Waals surface area contributed by atoms with E-state index in [2.05, 4.69) is 10.6 Å². The van der Waals surface area contributed by atoms with Gasteiger partial charge in [-0.25, -0.2) is 0 Å². The number of ether oxygens (including phenoxy) is 1. The lowest BCUT2D eigenvalue weighted by Gasteiger charge is -2.32. The number of carbonyl (C=O) groups is 2. The van der Waals surface area contributed by atoms with E-state index in [4.69, 9.17) is 4.74 Å². The van der Waals surface area contributed by atoms with Gasteiger partial charge in [0.05, 0.1) is 24.1 Å². The molecule has 1 aromatic heterocycles. The van der Waals surface area contributed by atoms with Crippen molar-refractivity contribution in [1.29, 1.82) is 0 Å². The van der Waals surface area contributed by atoms with E-state index in [1.165, 1.54) is 10.4 Å². The van der Waals surface area contributed by atoms with E-state index < -0.39 is 0 Å². The van der Waals surface area contributed by atoms with Gasteiger partial charge in [-0.05, 0) is 49.8 Å². The van der Waals surface area contributed by atoms with Gasteiger partial charge in [-0.1, -0.05) is 0 Å². The monoisotopic (exact) mass is 377 g/mol. The number of hydrogen-bond acceptors (Lipinski definition) is 5. The van der Waals surface area contributed by atoms with Crippen molar-refractivity contribution in [2.45, 2.75) is 44.8 Å². The molecule has 0 saturated carbocycles. The smallest absolute Gasteiger partial charge is 0.263 e. The first-order valence-electron chi connectivity index (χ1n) is 9.70. The molecule has 4 rings (SSSR count). The van der Waals surface area contributed by atoms with Gasteiger partial charge in [0.25, 0.3) is 5.91 Å². The summed E-state index contributed by atoms with van der Waals surface area (Å²) in [6, 6.07) is 1.98. The number of fused-ring (bicyclic) bond motifs is 1. The van der Waals surface area contributed by atoms with Crippen LogP contribution in [0.4, 0.5) is 0 Å². The summed E-state index contributed by atoms with van der Waals surface area (Å²) in [7, 11) is 0. The normalized spacial score (nSPS) is 25.8. The van der Waals surface area contributed by atoms with E-state index in [1.54, 1.807) is 11.3 Å². The third-order valence-corrected chi connectivity index (χ3v) is 6.81. The van der Waals surface area contributed by atoms with Crippen LogP contribution >= 0.6 is 11.3 Å². The first-order valence-corrected chi connectivity index (χ1v) is 10.5. The first kappa shape index (κ1) is 17.9. The van der Waals surface area contributed by atoms with E-state index in [1.807, 2.05) is 11.0 Å². The van der Waals surface area contributed by atoms with E-state index in [0.29, 0.717) is 19.1 Å². The highest BCUT2D eigenvalue weighted by molar-refractivity contribution is 7.14. The summed E-state index contributed by atoms with van der Waals surface area (Å²) < 4.78 is 5.48. The van der Waals surface area contributed by atoms with Crippen molar-refractivity contribution in [1.82, 2.24) is 15.5 Å². The van der Waals surface area contributed by atoms with Crippen molar-refractivity contribution in [3.63, 3.8) is 0 Å². The highest BCUT2D eigenvalue weighted by atomic mass is 32.1. The summed E-state index contributed by atoms with van der Waals surface area (Å²) in [5, 5.41) is 6.31. The molecule has 3 aliphatic rings. The van der Waals surface area contributed by atoms with Crippen LogP contribution in [0.5, 0.6) is 0 Å². The number of amides is 2. The first-order chi connectivity index (χ1) is 12.7. The minimum Gasteiger partial charge on any atom is -0.376 e. The zero-order valence-electron chi connectivity index (χ0n) is 15.1. The molecule has 2 unspecified atom stereocenters. The summed E-state index contributed by atoms with van der Waals surface area (Å²) in [5.41, 5.74) is 1.18. The Morgan fingerprint density at radius 3 is 3.08 bits per heavy atom. The van der Waals surface area contributed by atoms with Crippen molar-refractivity contribution >= 4 is 23.2 Å². The predicted octanol–water partition coefficient (Wildman–Crippen LogP) is 1.54. The average Bonchev–Trinajstić information content (AvgIpc) is 3.35. The lowest BCUT2D eigenvalue weighted by Crippen LogP contribution is -2.46. The number of carbonyl (C=O) groups excluding carboxylic acids is 2. The molecule has 142 valence electrons. The summed E-state index contributed by atoms with van der Waals surface area (Å²) in [5.74, 6) is 0.589. The van der Waals surface area contributed by atoms with Crippen molar-refractivity contribution in [3.8, 4) is 0 Å². The minimum atomic E-state index is -0.0315. The average molecular weight is 378 g/mol. The van der Waals surface area contributed by atoms with Gasteiger partial charge < -0.3 is 20.3 Å². The van der Waals surface area contributed by atoms with Crippen LogP contribution in [0.3, 0.4) is 0 Å². The molecule has 2 saturated heterocycles. The molecule has 0 aliphatic carbocycles. The Labute approximate surface area is 158 Å². The van der Waals surface area contributed by atoms with Gasteiger partial charge in [0.15, 0.2) is 0 Å². The van der Waals surface area contributed by atoms with Crippen LogP contribution in [0.1, 0.15) is 45.8 Å². The van der Waals surface area contributed by atoms with Crippen LogP contribution in [0, 0.1) is 5.92 Å². The van der Waals surface area contributed by atoms with Gasteiger partial charge in [0, 0.05) is 30.9 Å². The van der Waals surface area contributed by atoms with Crippen LogP contribution < -0.4 is 10.6 Å². The lowest BCUT2D eigenvalue weighted by atomic mass is 9.97. The molecule has 7 heteroatoms. The van der Waals surface area contributed by atoms with Crippen LogP contribution in [0.25, 0.3) is 0 Å². The Morgan fingerprint density at radius 2 is 2.27 bits per heavy atom. The van der Waals surface area contributed by atoms with Crippen molar-refractivity contribution in [3.05, 3.63) is 21.4 Å². The number of rotatable bonds is 4. The van der Waals surface area contributed by atoms with Crippen LogP contribution in [0.2, 0.25) is 0 Å². The Bertz CT molecular complexity index is 645. The molecule has 2 fully saturated rings. The third kappa shape index (κ3) is 3.94. The minimum absolute atomic E-state index is 0.0315. The molecular weight excluding hydrogens is 350 g/mol. The van der Waals surface area contributed by atoms with Crippen LogP contribution in [-0.4, -0.2) is 55.5 Å². The molecular formula is C19H27N3O3S. The largest absolute Gasteiger partial charge is 0.376 e. The molecule has 2 amide bonds. The van der Waals surface area contributed by atoms with E-state index in [0.717, 1.165) is 63.2 Å².